The van der Waals surface area contributed by atoms with Crippen LogP contribution in [-0.4, -0.2) is 41.9 Å². The summed E-state index contributed by atoms with van der Waals surface area (Å²) in [6.45, 7) is 9.48. The van der Waals surface area contributed by atoms with Crippen molar-refractivity contribution in [2.24, 2.45) is 22.7 Å². The van der Waals surface area contributed by atoms with Gasteiger partial charge in [-0.1, -0.05) is 32.1 Å². The Hall–Kier alpha value is -1.51. The molecule has 0 aromatic rings. The van der Waals surface area contributed by atoms with E-state index in [2.05, 4.69) is 25.7 Å². The smallest absolute Gasteiger partial charge is 0.336 e. The van der Waals surface area contributed by atoms with E-state index in [4.69, 9.17) is 13.1 Å². The van der Waals surface area contributed by atoms with Crippen molar-refractivity contribution in [2.45, 2.75) is 58.1 Å². The molecule has 2 saturated carbocycles. The minimum absolute atomic E-state index is 0.0146. The summed E-state index contributed by atoms with van der Waals surface area (Å²) in [5, 5.41) is 2.66. The molecule has 7 nitrogen and oxygen atoms in total. The van der Waals surface area contributed by atoms with E-state index in [1.165, 1.54) is 5.57 Å². The lowest BCUT2D eigenvalue weighted by molar-refractivity contribution is -0.154. The standard InChI is InChI=1S/C21H29NO6S/c1-13-4-7-17-20(2,9-8-18-21(17,3)11-27-29(25)28-18)15(13)6-5-14-16(22-12-23)10-26-19(14)24/h5,12,15-18H,1,4,6-11H2,2-3H3,(H,22,23)/b14-5-/t15-,16?,17+,18-,20+,21+,29?/m1/s1. The van der Waals surface area contributed by atoms with E-state index < -0.39 is 11.4 Å². The van der Waals surface area contributed by atoms with Gasteiger partial charge >= 0.3 is 17.3 Å². The van der Waals surface area contributed by atoms with Crippen molar-refractivity contribution in [3.63, 3.8) is 0 Å². The zero-order valence-electron chi connectivity index (χ0n) is 17.0. The molecule has 160 valence electrons. The van der Waals surface area contributed by atoms with E-state index in [0.29, 0.717) is 30.9 Å². The van der Waals surface area contributed by atoms with Crippen LogP contribution in [0.1, 0.15) is 46.0 Å². The van der Waals surface area contributed by atoms with E-state index in [1.54, 1.807) is 0 Å². The van der Waals surface area contributed by atoms with E-state index >= 15 is 0 Å². The summed E-state index contributed by atoms with van der Waals surface area (Å²) in [4.78, 5) is 23.0. The van der Waals surface area contributed by atoms with Gasteiger partial charge in [0.2, 0.25) is 6.41 Å². The molecular formula is C21H29NO6S. The number of allylic oxidation sites excluding steroid dienone is 2. The second-order valence-corrected chi connectivity index (χ2v) is 10.1. The Morgan fingerprint density at radius 3 is 2.86 bits per heavy atom. The summed E-state index contributed by atoms with van der Waals surface area (Å²) in [6.07, 6.45) is 6.85. The van der Waals surface area contributed by atoms with Crippen LogP contribution in [0.25, 0.3) is 0 Å². The number of ether oxygens (including phenoxy) is 1. The molecule has 0 aromatic heterocycles. The van der Waals surface area contributed by atoms with Crippen LogP contribution in [0.3, 0.4) is 0 Å². The lowest BCUT2D eigenvalue weighted by atomic mass is 9.46. The van der Waals surface area contributed by atoms with Crippen LogP contribution in [0.4, 0.5) is 0 Å². The van der Waals surface area contributed by atoms with E-state index in [1.807, 2.05) is 6.08 Å². The third kappa shape index (κ3) is 3.39. The molecule has 0 radical (unpaired) electrons. The molecule has 0 spiro atoms. The van der Waals surface area contributed by atoms with Crippen molar-refractivity contribution in [2.75, 3.05) is 13.2 Å². The summed E-state index contributed by atoms with van der Waals surface area (Å²) in [7, 11) is 0. The second-order valence-electron chi connectivity index (χ2n) is 9.23. The maximum atomic E-state index is 12.1. The molecule has 1 N–H and O–H groups in total. The Kier molecular flexibility index (Phi) is 5.46. The van der Waals surface area contributed by atoms with Crippen LogP contribution >= 0.6 is 0 Å². The van der Waals surface area contributed by atoms with Gasteiger partial charge in [-0.15, -0.1) is 0 Å². The minimum Gasteiger partial charge on any atom is -0.460 e. The second kappa shape index (κ2) is 7.63. The van der Waals surface area contributed by atoms with Gasteiger partial charge in [-0.25, -0.2) is 4.79 Å². The fraction of sp³-hybridized carbons (Fsp3) is 0.714. The fourth-order valence-corrected chi connectivity index (χ4v) is 7.13. The quantitative estimate of drug-likeness (QED) is 0.323. The van der Waals surface area contributed by atoms with Crippen molar-refractivity contribution in [3.05, 3.63) is 23.8 Å². The van der Waals surface area contributed by atoms with Crippen LogP contribution in [0.2, 0.25) is 0 Å². The molecule has 0 aromatic carbocycles. The maximum Gasteiger partial charge on any atom is 0.336 e. The number of carbonyl (C=O) groups excluding carboxylic acids is 2. The van der Waals surface area contributed by atoms with Gasteiger partial charge in [-0.05, 0) is 49.4 Å². The third-order valence-electron chi connectivity index (χ3n) is 7.81. The normalized spacial score (nSPS) is 46.0. The van der Waals surface area contributed by atoms with Gasteiger partial charge < -0.3 is 10.1 Å². The van der Waals surface area contributed by atoms with Crippen LogP contribution in [0, 0.1) is 22.7 Å². The van der Waals surface area contributed by atoms with E-state index in [0.717, 1.165) is 25.7 Å². The van der Waals surface area contributed by atoms with Crippen LogP contribution in [0.15, 0.2) is 23.8 Å². The van der Waals surface area contributed by atoms with Crippen molar-refractivity contribution in [1.29, 1.82) is 0 Å². The molecule has 2 aliphatic carbocycles. The molecule has 0 bridgehead atoms. The van der Waals surface area contributed by atoms with Gasteiger partial charge in [0.1, 0.15) is 6.61 Å². The van der Waals surface area contributed by atoms with E-state index in [-0.39, 0.29) is 41.5 Å². The number of fused-ring (bicyclic) bond motifs is 3. The summed E-state index contributed by atoms with van der Waals surface area (Å²) in [5.74, 6) is 0.198. The first-order valence-corrected chi connectivity index (χ1v) is 11.3. The lowest BCUT2D eigenvalue weighted by Gasteiger charge is -2.61. The van der Waals surface area contributed by atoms with Crippen LogP contribution < -0.4 is 5.32 Å². The predicted octanol–water partition coefficient (Wildman–Crippen LogP) is 2.36. The lowest BCUT2D eigenvalue weighted by Crippen LogP contribution is -2.60. The van der Waals surface area contributed by atoms with Gasteiger partial charge in [-0.2, -0.15) is 4.21 Å². The number of esters is 1. The van der Waals surface area contributed by atoms with Gasteiger partial charge in [0, 0.05) is 5.41 Å². The zero-order chi connectivity index (χ0) is 20.8. The Morgan fingerprint density at radius 1 is 1.31 bits per heavy atom. The fourth-order valence-electron chi connectivity index (χ4n) is 6.22. The van der Waals surface area contributed by atoms with Crippen molar-refractivity contribution in [1.82, 2.24) is 5.32 Å². The molecule has 7 atom stereocenters. The maximum absolute atomic E-state index is 12.1. The number of hydrogen-bond donors (Lipinski definition) is 1. The van der Waals surface area contributed by atoms with Crippen molar-refractivity contribution in [3.8, 4) is 0 Å². The molecule has 2 unspecified atom stereocenters. The number of nitrogens with one attached hydrogen (secondary N) is 1. The molecular weight excluding hydrogens is 394 g/mol. The Balaban J connectivity index is 1.60. The van der Waals surface area contributed by atoms with Crippen LogP contribution in [-0.2, 0) is 34.1 Å². The highest BCUT2D eigenvalue weighted by Gasteiger charge is 2.60. The predicted molar refractivity (Wildman–Crippen MR) is 106 cm³/mol. The van der Waals surface area contributed by atoms with Crippen molar-refractivity contribution < 1.29 is 26.9 Å². The summed E-state index contributed by atoms with van der Waals surface area (Å²) in [5.41, 5.74) is 1.52. The third-order valence-corrected chi connectivity index (χ3v) is 8.51. The SMILES string of the molecule is C=C1CC[C@@H]2[C@]3(C)COS(=O)O[C@@H]3CC[C@@]2(C)[C@@H]1C/C=C1\C(=O)OCC1NC=O. The average Bonchev–Trinajstić information content (AvgIpc) is 3.02. The van der Waals surface area contributed by atoms with Gasteiger partial charge in [0.25, 0.3) is 0 Å². The molecule has 4 rings (SSSR count). The Bertz CT molecular complexity index is 781. The monoisotopic (exact) mass is 423 g/mol. The Morgan fingerprint density at radius 2 is 2.10 bits per heavy atom. The molecule has 29 heavy (non-hydrogen) atoms. The number of amides is 1. The van der Waals surface area contributed by atoms with Gasteiger partial charge in [-0.3, -0.25) is 13.2 Å². The molecule has 4 fully saturated rings. The zero-order valence-corrected chi connectivity index (χ0v) is 17.8. The average molecular weight is 424 g/mol. The number of rotatable bonds is 4. The number of carbonyl (C=O) groups is 2. The molecule has 2 heterocycles. The first-order chi connectivity index (χ1) is 13.8. The largest absolute Gasteiger partial charge is 0.460 e. The minimum atomic E-state index is -1.66. The summed E-state index contributed by atoms with van der Waals surface area (Å²) < 4.78 is 27.9. The van der Waals surface area contributed by atoms with Crippen molar-refractivity contribution >= 4 is 23.7 Å². The first kappa shape index (κ1) is 20.8. The van der Waals surface area contributed by atoms with Crippen LogP contribution in [0.5, 0.6) is 0 Å². The van der Waals surface area contributed by atoms with Gasteiger partial charge in [0.15, 0.2) is 0 Å². The first-order valence-electron chi connectivity index (χ1n) is 10.3. The van der Waals surface area contributed by atoms with E-state index in [9.17, 15) is 13.8 Å². The Labute approximate surface area is 174 Å². The molecule has 2 saturated heterocycles. The summed E-state index contributed by atoms with van der Waals surface area (Å²) in [6, 6.07) is -0.385. The summed E-state index contributed by atoms with van der Waals surface area (Å²) >= 11 is -1.66. The molecule has 2 aliphatic heterocycles. The van der Waals surface area contributed by atoms with Gasteiger partial charge in [0.05, 0.1) is 24.3 Å². The number of cyclic esters (lactones) is 1. The highest BCUT2D eigenvalue weighted by atomic mass is 32.2. The molecule has 1 amide bonds. The highest BCUT2D eigenvalue weighted by Crippen LogP contribution is 2.63. The highest BCUT2D eigenvalue weighted by molar-refractivity contribution is 7.75. The molecule has 4 aliphatic rings. The molecule has 8 heteroatoms. The topological polar surface area (TPSA) is 90.9 Å². The number of hydrogen-bond acceptors (Lipinski definition) is 6.